The van der Waals surface area contributed by atoms with Crippen LogP contribution in [0.1, 0.15) is 32.1 Å². The van der Waals surface area contributed by atoms with Crippen LogP contribution in [-0.2, 0) is 10.0 Å². The maximum Gasteiger partial charge on any atom is 0.289 e. The monoisotopic (exact) mass is 318 g/mol. The van der Waals surface area contributed by atoms with E-state index in [1.165, 1.54) is 12.1 Å². The number of sulfonamides is 1. The van der Waals surface area contributed by atoms with Crippen LogP contribution >= 0.6 is 11.6 Å². The second kappa shape index (κ2) is 6.07. The smallest absolute Gasteiger partial charge is 0.258 e. The van der Waals surface area contributed by atoms with E-state index in [1.54, 1.807) is 0 Å². The first kappa shape index (κ1) is 15.2. The molecule has 0 saturated heterocycles. The fourth-order valence-electron chi connectivity index (χ4n) is 2.31. The largest absolute Gasteiger partial charge is 0.289 e. The van der Waals surface area contributed by atoms with Gasteiger partial charge in [-0.2, -0.15) is 0 Å². The SMILES string of the molecule is O=[N+]([O-])c1cc(S(=O)(=O)NC2CCCCC2)ccc1Cl. The van der Waals surface area contributed by atoms with E-state index in [0.717, 1.165) is 38.2 Å². The summed E-state index contributed by atoms with van der Waals surface area (Å²) in [5.41, 5.74) is -0.404. The molecule has 110 valence electrons. The van der Waals surface area contributed by atoms with E-state index < -0.39 is 20.6 Å². The van der Waals surface area contributed by atoms with Gasteiger partial charge in [-0.25, -0.2) is 13.1 Å². The van der Waals surface area contributed by atoms with Crippen molar-refractivity contribution in [3.8, 4) is 0 Å². The van der Waals surface area contributed by atoms with Gasteiger partial charge in [0.25, 0.3) is 5.69 Å². The highest BCUT2D eigenvalue weighted by molar-refractivity contribution is 7.89. The maximum absolute atomic E-state index is 12.2. The molecule has 0 spiro atoms. The minimum atomic E-state index is -3.75. The van der Waals surface area contributed by atoms with Gasteiger partial charge in [0.1, 0.15) is 5.02 Å². The van der Waals surface area contributed by atoms with Gasteiger partial charge in [0.2, 0.25) is 10.0 Å². The number of benzene rings is 1. The molecular formula is C12H15ClN2O4S. The third-order valence-electron chi connectivity index (χ3n) is 3.35. The van der Waals surface area contributed by atoms with Gasteiger partial charge in [0.15, 0.2) is 0 Å². The lowest BCUT2D eigenvalue weighted by molar-refractivity contribution is -0.384. The van der Waals surface area contributed by atoms with E-state index in [9.17, 15) is 18.5 Å². The normalized spacial score (nSPS) is 17.1. The first-order valence-corrected chi connectivity index (χ1v) is 8.22. The highest BCUT2D eigenvalue weighted by Crippen LogP contribution is 2.27. The lowest BCUT2D eigenvalue weighted by Crippen LogP contribution is -2.36. The number of halogens is 1. The van der Waals surface area contributed by atoms with Crippen LogP contribution in [0.15, 0.2) is 23.1 Å². The van der Waals surface area contributed by atoms with E-state index in [0.29, 0.717) is 0 Å². The summed E-state index contributed by atoms with van der Waals surface area (Å²) < 4.78 is 27.0. The van der Waals surface area contributed by atoms with Crippen LogP contribution in [0.4, 0.5) is 5.69 Å². The molecule has 1 aromatic carbocycles. The van der Waals surface area contributed by atoms with Gasteiger partial charge in [-0.3, -0.25) is 10.1 Å². The van der Waals surface area contributed by atoms with Gasteiger partial charge in [0, 0.05) is 12.1 Å². The summed E-state index contributed by atoms with van der Waals surface area (Å²) in [5, 5.41) is 10.7. The molecule has 1 aromatic rings. The van der Waals surface area contributed by atoms with E-state index in [4.69, 9.17) is 11.6 Å². The van der Waals surface area contributed by atoms with E-state index >= 15 is 0 Å². The fraction of sp³-hybridized carbons (Fsp3) is 0.500. The van der Waals surface area contributed by atoms with Gasteiger partial charge in [0.05, 0.1) is 9.82 Å². The molecule has 6 nitrogen and oxygen atoms in total. The van der Waals surface area contributed by atoms with Crippen LogP contribution < -0.4 is 4.72 Å². The summed E-state index contributed by atoms with van der Waals surface area (Å²) in [6.07, 6.45) is 4.70. The zero-order valence-electron chi connectivity index (χ0n) is 10.7. The van der Waals surface area contributed by atoms with Crippen molar-refractivity contribution < 1.29 is 13.3 Å². The molecule has 0 atom stereocenters. The minimum Gasteiger partial charge on any atom is -0.258 e. The Kier molecular flexibility index (Phi) is 4.62. The van der Waals surface area contributed by atoms with Crippen LogP contribution in [0.2, 0.25) is 5.02 Å². The average Bonchev–Trinajstić information content (AvgIpc) is 2.39. The molecule has 1 aliphatic rings. The number of rotatable bonds is 4. The summed E-state index contributed by atoms with van der Waals surface area (Å²) in [4.78, 5) is 9.98. The molecule has 0 aliphatic heterocycles. The molecule has 1 saturated carbocycles. The van der Waals surface area contributed by atoms with Gasteiger partial charge in [-0.15, -0.1) is 0 Å². The molecule has 1 N–H and O–H groups in total. The Morgan fingerprint density at radius 2 is 1.90 bits per heavy atom. The summed E-state index contributed by atoms with van der Waals surface area (Å²) in [5.74, 6) is 0. The summed E-state index contributed by atoms with van der Waals surface area (Å²) >= 11 is 5.68. The van der Waals surface area contributed by atoms with Gasteiger partial charge in [-0.05, 0) is 25.0 Å². The van der Waals surface area contributed by atoms with Crippen molar-refractivity contribution >= 4 is 27.3 Å². The molecule has 2 rings (SSSR count). The van der Waals surface area contributed by atoms with Crippen molar-refractivity contribution in [2.75, 3.05) is 0 Å². The summed E-state index contributed by atoms with van der Waals surface area (Å²) in [6.45, 7) is 0. The summed E-state index contributed by atoms with van der Waals surface area (Å²) in [7, 11) is -3.75. The van der Waals surface area contributed by atoms with E-state index in [-0.39, 0.29) is 16.0 Å². The molecular weight excluding hydrogens is 304 g/mol. The molecule has 0 aromatic heterocycles. The van der Waals surface area contributed by atoms with Crippen LogP contribution in [0.3, 0.4) is 0 Å². The number of hydrogen-bond donors (Lipinski definition) is 1. The van der Waals surface area contributed by atoms with Crippen molar-refractivity contribution in [2.45, 2.75) is 43.0 Å². The molecule has 1 aliphatic carbocycles. The lowest BCUT2D eigenvalue weighted by atomic mass is 9.96. The van der Waals surface area contributed by atoms with Crippen LogP contribution in [0, 0.1) is 10.1 Å². The van der Waals surface area contributed by atoms with Gasteiger partial charge < -0.3 is 0 Å². The standard InChI is InChI=1S/C12H15ClN2O4S/c13-11-7-6-10(8-12(11)15(16)17)20(18,19)14-9-4-2-1-3-5-9/h6-9,14H,1-5H2. The van der Waals surface area contributed by atoms with Crippen molar-refractivity contribution in [1.29, 1.82) is 0 Å². The van der Waals surface area contributed by atoms with Gasteiger partial charge in [-0.1, -0.05) is 30.9 Å². The molecule has 0 heterocycles. The minimum absolute atomic E-state index is 0.0772. The predicted molar refractivity (Wildman–Crippen MR) is 75.3 cm³/mol. The third kappa shape index (κ3) is 3.47. The molecule has 20 heavy (non-hydrogen) atoms. The Morgan fingerprint density at radius 3 is 2.50 bits per heavy atom. The number of nitro benzene ring substituents is 1. The third-order valence-corrected chi connectivity index (χ3v) is 5.19. The van der Waals surface area contributed by atoms with Crippen LogP contribution in [0.25, 0.3) is 0 Å². The molecule has 0 unspecified atom stereocenters. The molecule has 8 heteroatoms. The van der Waals surface area contributed by atoms with E-state index in [2.05, 4.69) is 4.72 Å². The Bertz CT molecular complexity index is 612. The summed E-state index contributed by atoms with van der Waals surface area (Å²) in [6, 6.07) is 3.41. The first-order valence-electron chi connectivity index (χ1n) is 6.36. The predicted octanol–water partition coefficient (Wildman–Crippen LogP) is 2.86. The topological polar surface area (TPSA) is 89.3 Å². The first-order chi connectivity index (χ1) is 9.40. The number of hydrogen-bond acceptors (Lipinski definition) is 4. The van der Waals surface area contributed by atoms with Crippen molar-refractivity contribution in [3.63, 3.8) is 0 Å². The second-order valence-corrected chi connectivity index (χ2v) is 6.95. The maximum atomic E-state index is 12.2. The lowest BCUT2D eigenvalue weighted by Gasteiger charge is -2.22. The Hall–Kier alpha value is -1.18. The van der Waals surface area contributed by atoms with E-state index in [1.807, 2.05) is 0 Å². The molecule has 0 amide bonds. The highest BCUT2D eigenvalue weighted by Gasteiger charge is 2.24. The molecule has 1 fully saturated rings. The number of nitro groups is 1. The molecule has 0 bridgehead atoms. The quantitative estimate of drug-likeness (QED) is 0.682. The van der Waals surface area contributed by atoms with Crippen molar-refractivity contribution in [3.05, 3.63) is 33.3 Å². The number of nitrogens with zero attached hydrogens (tertiary/aromatic N) is 1. The van der Waals surface area contributed by atoms with Crippen LogP contribution in [-0.4, -0.2) is 19.4 Å². The number of nitrogens with one attached hydrogen (secondary N) is 1. The van der Waals surface area contributed by atoms with Crippen molar-refractivity contribution in [2.24, 2.45) is 0 Å². The fourth-order valence-corrected chi connectivity index (χ4v) is 3.82. The zero-order chi connectivity index (χ0) is 14.8. The Labute approximate surface area is 122 Å². The van der Waals surface area contributed by atoms with Crippen LogP contribution in [0.5, 0.6) is 0 Å². The van der Waals surface area contributed by atoms with Crippen molar-refractivity contribution in [1.82, 2.24) is 4.72 Å². The van der Waals surface area contributed by atoms with Gasteiger partial charge >= 0.3 is 0 Å². The molecule has 0 radical (unpaired) electrons. The Balaban J connectivity index is 2.24. The zero-order valence-corrected chi connectivity index (χ0v) is 12.3. The Morgan fingerprint density at radius 1 is 1.25 bits per heavy atom. The second-order valence-electron chi connectivity index (χ2n) is 4.83. The highest BCUT2D eigenvalue weighted by atomic mass is 35.5. The average molecular weight is 319 g/mol.